The first-order valence-electron chi connectivity index (χ1n) is 6.79. The summed E-state index contributed by atoms with van der Waals surface area (Å²) in [5.74, 6) is -0.137. The van der Waals surface area contributed by atoms with Crippen molar-refractivity contribution in [3.63, 3.8) is 0 Å². The summed E-state index contributed by atoms with van der Waals surface area (Å²) in [6.07, 6.45) is 3.11. The number of benzene rings is 2. The van der Waals surface area contributed by atoms with Crippen LogP contribution in [0, 0.1) is 0 Å². The third-order valence-electron chi connectivity index (χ3n) is 3.53. The highest BCUT2D eigenvalue weighted by atomic mass is 35.5. The van der Waals surface area contributed by atoms with Crippen molar-refractivity contribution in [1.82, 2.24) is 14.8 Å². The minimum atomic E-state index is -0.280. The molecule has 0 saturated carbocycles. The second kappa shape index (κ2) is 8.45. The molecule has 0 saturated heterocycles. The minimum absolute atomic E-state index is 0. The molecule has 0 fully saturated rings. The van der Waals surface area contributed by atoms with Crippen LogP contribution in [0.3, 0.4) is 0 Å². The average molecular weight is 421 g/mol. The van der Waals surface area contributed by atoms with Gasteiger partial charge in [-0.25, -0.2) is 9.67 Å². The molecule has 0 spiro atoms. The highest BCUT2D eigenvalue weighted by Gasteiger charge is 2.26. The van der Waals surface area contributed by atoms with Crippen LogP contribution in [0.2, 0.25) is 15.1 Å². The van der Waals surface area contributed by atoms with E-state index in [0.29, 0.717) is 15.1 Å². The van der Waals surface area contributed by atoms with Crippen LogP contribution in [0.4, 0.5) is 0 Å². The van der Waals surface area contributed by atoms with Gasteiger partial charge >= 0.3 is 0 Å². The molecule has 1 aromatic heterocycles. The molecule has 3 nitrogen and oxygen atoms in total. The molecule has 3 rings (SSSR count). The van der Waals surface area contributed by atoms with Crippen molar-refractivity contribution in [2.24, 2.45) is 0 Å². The third-order valence-corrected chi connectivity index (χ3v) is 4.88. The number of aromatic nitrogens is 3. The van der Waals surface area contributed by atoms with Crippen molar-refractivity contribution in [2.45, 2.75) is 11.3 Å². The molecular formula is C16H13Cl4N3S. The summed E-state index contributed by atoms with van der Waals surface area (Å²) in [5, 5.41) is 5.75. The molecule has 0 radical (unpaired) electrons. The van der Waals surface area contributed by atoms with E-state index >= 15 is 0 Å². The predicted molar refractivity (Wildman–Crippen MR) is 105 cm³/mol. The van der Waals surface area contributed by atoms with Gasteiger partial charge in [0.25, 0.3) is 0 Å². The number of halogens is 4. The second-order valence-corrected chi connectivity index (χ2v) is 6.79. The first kappa shape index (κ1) is 19.4. The van der Waals surface area contributed by atoms with Crippen molar-refractivity contribution in [2.75, 3.05) is 0 Å². The van der Waals surface area contributed by atoms with Crippen LogP contribution < -0.4 is 0 Å². The Kier molecular flexibility index (Phi) is 6.84. The Morgan fingerprint density at radius 3 is 2.21 bits per heavy atom. The second-order valence-electron chi connectivity index (χ2n) is 4.98. The van der Waals surface area contributed by atoms with Gasteiger partial charge in [0.05, 0.1) is 0 Å². The van der Waals surface area contributed by atoms with Gasteiger partial charge in [-0.15, -0.1) is 12.4 Å². The molecule has 0 aliphatic carbocycles. The highest BCUT2D eigenvalue weighted by Crippen LogP contribution is 2.41. The molecule has 126 valence electrons. The van der Waals surface area contributed by atoms with Gasteiger partial charge < -0.3 is 0 Å². The summed E-state index contributed by atoms with van der Waals surface area (Å²) in [4.78, 5) is 3.99. The topological polar surface area (TPSA) is 30.7 Å². The smallest absolute Gasteiger partial charge is 0.137 e. The molecular weight excluding hydrogens is 408 g/mol. The molecule has 2 atom stereocenters. The summed E-state index contributed by atoms with van der Waals surface area (Å²) in [6.45, 7) is 0. The summed E-state index contributed by atoms with van der Waals surface area (Å²) in [7, 11) is 0. The molecule has 24 heavy (non-hydrogen) atoms. The molecule has 0 bridgehead atoms. The standard InChI is InChI=1S/C16H12Cl3N3S.ClH/c17-11-3-1-10(2-4-11)15(16(23)22-9-20-8-21-22)13-6-5-12(18)7-14(13)19;/h1-9,15-16,23H;1H. The van der Waals surface area contributed by atoms with Gasteiger partial charge in [0, 0.05) is 21.0 Å². The van der Waals surface area contributed by atoms with Gasteiger partial charge in [-0.2, -0.15) is 17.7 Å². The van der Waals surface area contributed by atoms with Gasteiger partial charge in [-0.3, -0.25) is 0 Å². The molecule has 2 aromatic carbocycles. The van der Waals surface area contributed by atoms with Crippen LogP contribution in [0.1, 0.15) is 22.4 Å². The van der Waals surface area contributed by atoms with Crippen LogP contribution in [-0.2, 0) is 0 Å². The summed E-state index contributed by atoms with van der Waals surface area (Å²) >= 11 is 23.2. The van der Waals surface area contributed by atoms with Crippen LogP contribution in [0.5, 0.6) is 0 Å². The van der Waals surface area contributed by atoms with E-state index in [4.69, 9.17) is 47.4 Å². The van der Waals surface area contributed by atoms with Gasteiger partial charge in [0.1, 0.15) is 18.0 Å². The van der Waals surface area contributed by atoms with Gasteiger partial charge in [0.15, 0.2) is 0 Å². The zero-order chi connectivity index (χ0) is 16.4. The van der Waals surface area contributed by atoms with Gasteiger partial charge in [0.2, 0.25) is 0 Å². The maximum absolute atomic E-state index is 6.42. The Labute approximate surface area is 166 Å². The fraction of sp³-hybridized carbons (Fsp3) is 0.125. The van der Waals surface area contributed by atoms with E-state index in [-0.39, 0.29) is 23.7 Å². The number of hydrogen-bond donors (Lipinski definition) is 1. The SMILES string of the molecule is Cl.SC(C(c1ccc(Cl)cc1)c1ccc(Cl)cc1Cl)n1cncn1. The maximum Gasteiger partial charge on any atom is 0.137 e. The maximum atomic E-state index is 6.42. The van der Waals surface area contributed by atoms with E-state index in [2.05, 4.69) is 10.1 Å². The van der Waals surface area contributed by atoms with Crippen molar-refractivity contribution < 1.29 is 0 Å². The van der Waals surface area contributed by atoms with Crippen LogP contribution in [-0.4, -0.2) is 14.8 Å². The van der Waals surface area contributed by atoms with E-state index in [1.807, 2.05) is 36.4 Å². The first-order chi connectivity index (χ1) is 11.1. The lowest BCUT2D eigenvalue weighted by atomic mass is 9.91. The largest absolute Gasteiger partial charge is 0.239 e. The van der Waals surface area contributed by atoms with Crippen LogP contribution >= 0.6 is 59.8 Å². The molecule has 0 aliphatic heterocycles. The Hall–Kier alpha value is -0.910. The quantitative estimate of drug-likeness (QED) is 0.531. The van der Waals surface area contributed by atoms with E-state index in [1.165, 1.54) is 6.33 Å². The molecule has 3 aromatic rings. The number of thiol groups is 1. The van der Waals surface area contributed by atoms with Gasteiger partial charge in [-0.1, -0.05) is 53.0 Å². The number of hydrogen-bond acceptors (Lipinski definition) is 3. The number of nitrogens with zero attached hydrogens (tertiary/aromatic N) is 3. The average Bonchev–Trinajstić information content (AvgIpc) is 3.05. The van der Waals surface area contributed by atoms with Crippen LogP contribution in [0.25, 0.3) is 0 Å². The van der Waals surface area contributed by atoms with Crippen molar-refractivity contribution in [3.8, 4) is 0 Å². The normalized spacial score (nSPS) is 13.2. The van der Waals surface area contributed by atoms with E-state index in [0.717, 1.165) is 11.1 Å². The molecule has 0 N–H and O–H groups in total. The van der Waals surface area contributed by atoms with E-state index in [1.54, 1.807) is 17.1 Å². The minimum Gasteiger partial charge on any atom is -0.239 e. The fourth-order valence-electron chi connectivity index (χ4n) is 2.44. The Balaban J connectivity index is 0.00000208. The number of rotatable bonds is 4. The van der Waals surface area contributed by atoms with Crippen molar-refractivity contribution in [3.05, 3.63) is 81.3 Å². The molecule has 1 heterocycles. The monoisotopic (exact) mass is 419 g/mol. The van der Waals surface area contributed by atoms with E-state index in [9.17, 15) is 0 Å². The zero-order valence-corrected chi connectivity index (χ0v) is 16.2. The van der Waals surface area contributed by atoms with Crippen LogP contribution in [0.15, 0.2) is 55.1 Å². The van der Waals surface area contributed by atoms with Crippen molar-refractivity contribution in [1.29, 1.82) is 0 Å². The summed E-state index contributed by atoms with van der Waals surface area (Å²) in [5.41, 5.74) is 1.93. The first-order valence-corrected chi connectivity index (χ1v) is 8.44. The molecule has 8 heteroatoms. The fourth-order valence-corrected chi connectivity index (χ4v) is 3.55. The lowest BCUT2D eigenvalue weighted by Crippen LogP contribution is -2.15. The Bertz CT molecular complexity index is 794. The summed E-state index contributed by atoms with van der Waals surface area (Å²) < 4.78 is 1.69. The molecule has 0 aliphatic rings. The van der Waals surface area contributed by atoms with Gasteiger partial charge in [-0.05, 0) is 35.4 Å². The summed E-state index contributed by atoms with van der Waals surface area (Å²) in [6, 6.07) is 13.0. The predicted octanol–water partition coefficient (Wildman–Crippen LogP) is 5.92. The lowest BCUT2D eigenvalue weighted by Gasteiger charge is -2.25. The molecule has 0 amide bonds. The third kappa shape index (κ3) is 4.19. The van der Waals surface area contributed by atoms with E-state index < -0.39 is 0 Å². The zero-order valence-electron chi connectivity index (χ0n) is 12.2. The Morgan fingerprint density at radius 2 is 1.62 bits per heavy atom. The highest BCUT2D eigenvalue weighted by molar-refractivity contribution is 7.80. The Morgan fingerprint density at radius 1 is 0.958 bits per heavy atom. The molecule has 2 unspecified atom stereocenters. The lowest BCUT2D eigenvalue weighted by molar-refractivity contribution is 0.549. The van der Waals surface area contributed by atoms with Crippen molar-refractivity contribution >= 4 is 59.8 Å².